The Morgan fingerprint density at radius 1 is 0.517 bits per heavy atom. The van der Waals surface area contributed by atoms with Gasteiger partial charge in [-0.05, 0) is 71.3 Å². The number of ether oxygens (including phenoxy) is 9. The van der Waals surface area contributed by atoms with Gasteiger partial charge >= 0.3 is 11.9 Å². The van der Waals surface area contributed by atoms with Crippen LogP contribution in [0.15, 0.2) is 128 Å². The van der Waals surface area contributed by atoms with Gasteiger partial charge in [0, 0.05) is 187 Å². The zero-order valence-electron chi connectivity index (χ0n) is 48.0. The first kappa shape index (κ1) is 74.7. The minimum atomic E-state index is -1.14. The van der Waals surface area contributed by atoms with Crippen LogP contribution in [-0.4, -0.2) is 152 Å². The molecule has 8 atom stereocenters. The number of nitrogens with zero attached hydrogens (tertiary/aromatic N) is 3. The number of esters is 2. The normalized spacial score (nSPS) is 19.3. The van der Waals surface area contributed by atoms with Gasteiger partial charge in [-0.2, -0.15) is 0 Å². The number of aliphatic hydroxyl groups excluding tert-OH is 7. The summed E-state index contributed by atoms with van der Waals surface area (Å²) in [6, 6.07) is 26.8. The molecule has 3 radical (unpaired) electrons. The fourth-order valence-electron chi connectivity index (χ4n) is 8.77. The minimum Gasteiger partial charge on any atom is -0.465 e. The summed E-state index contributed by atoms with van der Waals surface area (Å²) in [5.74, 6) is 2.53. The van der Waals surface area contributed by atoms with Crippen molar-refractivity contribution in [2.45, 2.75) is 81.9 Å². The summed E-state index contributed by atoms with van der Waals surface area (Å²) < 4.78 is 52.1. The van der Waals surface area contributed by atoms with Crippen LogP contribution in [0.1, 0.15) is 58.5 Å². The third-order valence-electron chi connectivity index (χ3n) is 13.4. The van der Waals surface area contributed by atoms with Gasteiger partial charge in [0.05, 0.1) is 97.0 Å². The Morgan fingerprint density at radius 3 is 1.18 bits per heavy atom. The molecule has 0 spiro atoms. The first-order valence-corrected chi connectivity index (χ1v) is 29.0. The van der Waals surface area contributed by atoms with Crippen LogP contribution in [0.4, 0.5) is 0 Å². The number of aromatic nitrogens is 3. The molecule has 89 heavy (non-hydrogen) atoms. The van der Waals surface area contributed by atoms with E-state index in [0.717, 1.165) is 46.9 Å². The minimum absolute atomic E-state index is 0. The molecule has 2 aliphatic rings. The van der Waals surface area contributed by atoms with Gasteiger partial charge in [0.1, 0.15) is 51.4 Å². The Bertz CT molecular complexity index is 3560. The Labute approximate surface area is 629 Å². The van der Waals surface area contributed by atoms with Crippen LogP contribution in [0.25, 0.3) is 30.3 Å². The molecule has 0 bridgehead atoms. The monoisotopic (exact) mass is 1920 g/mol. The van der Waals surface area contributed by atoms with Crippen LogP contribution in [0, 0.1) is 132 Å². The Balaban J connectivity index is 0.000000213. The van der Waals surface area contributed by atoms with Gasteiger partial charge in [0.15, 0.2) is 29.8 Å². The van der Waals surface area contributed by atoms with E-state index in [1.807, 2.05) is 24.3 Å². The quantitative estimate of drug-likeness (QED) is 0.0388. The fourth-order valence-corrected chi connectivity index (χ4v) is 11.7. The second kappa shape index (κ2) is 36.4. The van der Waals surface area contributed by atoms with Crippen LogP contribution in [0.2, 0.25) is 0 Å². The van der Waals surface area contributed by atoms with Gasteiger partial charge in [-0.25, -0.2) is 9.59 Å². The number of nitrogens with one attached hydrogen (secondary N) is 1. The molecule has 6 unspecified atom stereocenters. The van der Waals surface area contributed by atoms with Gasteiger partial charge in [0.2, 0.25) is 0 Å². The van der Waals surface area contributed by atoms with Gasteiger partial charge in [-0.15, -0.1) is 34.0 Å². The van der Waals surface area contributed by atoms with Crippen molar-refractivity contribution in [3.8, 4) is 34.5 Å². The number of fused-ring (bicyclic) bond motifs is 3. The Hall–Kier alpha value is -3.32. The van der Waals surface area contributed by atoms with E-state index in [-0.39, 0.29) is 177 Å². The number of methoxy groups -OCH3 is 2. The summed E-state index contributed by atoms with van der Waals surface area (Å²) in [6.45, 7) is -0.374. The number of hydrogen-bond acceptors (Lipinski definition) is 25. The SMILES string of the molecule is CNC(=O)c1cc2c(Oc3ccc(COC4CC(O)C(O)[C@@H](CO)O4)cc3)cncc2s1.COC(=O)c1cc2c(Oc3ccc(CO)cc3)cncc2s1.COC(=O)c1cc2c(Oc3ccc(COC4CC(O)C(O)[C@@H](CO)O4)cc3)cncc2s1.[Ac].[Ac].[Ac]. The number of rotatable bonds is 18. The van der Waals surface area contributed by atoms with Crippen molar-refractivity contribution in [1.29, 1.82) is 0 Å². The van der Waals surface area contributed by atoms with E-state index in [1.54, 1.807) is 111 Å². The summed E-state index contributed by atoms with van der Waals surface area (Å²) in [7, 11) is 4.28. The topological polar surface area (TPSA) is 327 Å². The number of thiophene rings is 3. The second-order valence-corrected chi connectivity index (χ2v) is 22.5. The number of amides is 1. The predicted octanol–water partition coefficient (Wildman–Crippen LogP) is 7.38. The zero-order chi connectivity index (χ0) is 60.9. The molecule has 8 N–H and O–H groups in total. The van der Waals surface area contributed by atoms with Crippen LogP contribution < -0.4 is 19.5 Å². The van der Waals surface area contributed by atoms with Crippen molar-refractivity contribution in [3.63, 3.8) is 0 Å². The summed E-state index contributed by atoms with van der Waals surface area (Å²) in [5.41, 5.74) is 2.52. The van der Waals surface area contributed by atoms with Gasteiger partial charge in [-0.3, -0.25) is 19.7 Å². The maximum atomic E-state index is 11.9. The third-order valence-corrected chi connectivity index (χ3v) is 16.6. The van der Waals surface area contributed by atoms with Crippen molar-refractivity contribution >= 4 is 82.1 Å². The third kappa shape index (κ3) is 19.9. The fraction of sp³-hybridized carbons (Fsp3) is 0.300. The van der Waals surface area contributed by atoms with Crippen molar-refractivity contribution < 1.29 is 225 Å². The summed E-state index contributed by atoms with van der Waals surface area (Å²) >= 11 is 3.94. The molecule has 3 aromatic carbocycles. The molecular weight excluding hydrogens is 1860 g/mol. The molecule has 9 aromatic rings. The number of hydrogen-bond donors (Lipinski definition) is 8. The molecule has 29 heteroatoms. The smallest absolute Gasteiger partial charge is 0.348 e. The van der Waals surface area contributed by atoms with E-state index in [2.05, 4.69) is 20.3 Å². The first-order chi connectivity index (χ1) is 41.7. The van der Waals surface area contributed by atoms with Crippen LogP contribution in [0.3, 0.4) is 0 Å². The molecule has 6 aromatic heterocycles. The molecule has 461 valence electrons. The van der Waals surface area contributed by atoms with E-state index >= 15 is 0 Å². The molecule has 0 aliphatic carbocycles. The number of aliphatic hydroxyl groups is 7. The van der Waals surface area contributed by atoms with Crippen molar-refractivity contribution in [2.24, 2.45) is 0 Å². The van der Waals surface area contributed by atoms with Gasteiger partial charge in [0.25, 0.3) is 5.91 Å². The summed E-state index contributed by atoms with van der Waals surface area (Å²) in [4.78, 5) is 49.4. The van der Waals surface area contributed by atoms with Crippen molar-refractivity contribution in [1.82, 2.24) is 20.3 Å². The predicted molar refractivity (Wildman–Crippen MR) is 315 cm³/mol. The number of carbonyl (C=O) groups excluding carboxylic acids is 3. The van der Waals surface area contributed by atoms with Gasteiger partial charge < -0.3 is 83.7 Å². The standard InChI is InChI=1S/C22H24N2O7S.C22H23NO8S.C16H13NO4S.3Ac/c1-23-22(28)18-6-14-16(8-24-9-19(14)32-18)30-13-4-2-12(3-5-13)11-29-20-7-15(26)21(27)17(10-25)31-20;1-28-22(27)18-6-14-16(8-23-9-19(14)32-18)30-13-4-2-12(3-5-13)11-29-20-7-15(25)21(26)17(10-24)31-20;1-20-16(19)14-6-12-13(7-17-8-15(12)22-14)21-11-4-2-10(9-18)3-5-11;;;/h2-6,8-9,15,17,20-21,25-27H,7,10-11H2,1H3,(H,23,28);2-6,8-9,15,17,20-21,24-26H,7,10-11H2,1H3;2-8,18H,9H2,1H3;;;/t2*15?,17-,20?,21?;;;;/m11..../s1. The molecule has 8 heterocycles. The van der Waals surface area contributed by atoms with Crippen LogP contribution in [0.5, 0.6) is 34.5 Å². The number of carbonyl (C=O) groups is 3. The molecule has 2 saturated heterocycles. The Morgan fingerprint density at radius 2 is 0.854 bits per heavy atom. The Kier molecular flexibility index (Phi) is 30.5. The zero-order valence-corrected chi connectivity index (χ0v) is 64.7. The molecular formula is C60H60Ac3N4O19S3. The molecule has 2 aliphatic heterocycles. The average Bonchev–Trinajstić information content (AvgIpc) is 3.48. The largest absolute Gasteiger partial charge is 0.465 e. The van der Waals surface area contributed by atoms with Gasteiger partial charge in [-0.1, -0.05) is 36.4 Å². The summed E-state index contributed by atoms with van der Waals surface area (Å²) in [5, 5.41) is 71.8. The summed E-state index contributed by atoms with van der Waals surface area (Å²) in [6.07, 6.45) is 2.58. The first-order valence-electron chi connectivity index (χ1n) is 26.6. The molecule has 0 saturated carbocycles. The molecule has 23 nitrogen and oxygen atoms in total. The molecule has 11 rings (SSSR count). The molecule has 2 fully saturated rings. The number of benzene rings is 3. The maximum absolute atomic E-state index is 11.9. The number of pyridine rings is 3. The van der Waals surface area contributed by atoms with Crippen LogP contribution in [-0.2, 0) is 48.2 Å². The van der Waals surface area contributed by atoms with Crippen LogP contribution >= 0.6 is 34.0 Å². The van der Waals surface area contributed by atoms with E-state index in [0.29, 0.717) is 49.1 Å². The van der Waals surface area contributed by atoms with Crippen molar-refractivity contribution in [2.75, 3.05) is 34.5 Å². The van der Waals surface area contributed by atoms with E-state index in [4.69, 9.17) is 47.7 Å². The van der Waals surface area contributed by atoms with E-state index in [9.17, 15) is 45.0 Å². The van der Waals surface area contributed by atoms with E-state index < -0.39 is 68.4 Å². The van der Waals surface area contributed by atoms with Crippen molar-refractivity contribution in [3.05, 3.63) is 159 Å². The molecule has 1 amide bonds. The van der Waals surface area contributed by atoms with E-state index in [1.165, 1.54) is 48.2 Å². The average molecular weight is 1920 g/mol. The maximum Gasteiger partial charge on any atom is 0.348 e. The second-order valence-electron chi connectivity index (χ2n) is 19.2.